The van der Waals surface area contributed by atoms with Crippen LogP contribution in [0.4, 0.5) is 10.1 Å². The van der Waals surface area contributed by atoms with Gasteiger partial charge in [0.25, 0.3) is 11.8 Å². The fourth-order valence-electron chi connectivity index (χ4n) is 5.29. The zero-order chi connectivity index (χ0) is 29.1. The van der Waals surface area contributed by atoms with Crippen LogP contribution in [0.1, 0.15) is 65.0 Å². The van der Waals surface area contributed by atoms with Gasteiger partial charge in [0, 0.05) is 42.1 Å². The van der Waals surface area contributed by atoms with Crippen LogP contribution in [-0.2, 0) is 14.4 Å². The molecule has 12 heteroatoms. The number of hydrogen-bond acceptors (Lipinski definition) is 6. The van der Waals surface area contributed by atoms with Crippen molar-refractivity contribution < 1.29 is 38.9 Å². The summed E-state index contributed by atoms with van der Waals surface area (Å²) in [4.78, 5) is 53.7. The number of aryl methyl sites for hydroxylation is 1. The molecule has 1 saturated heterocycles. The fraction of sp³-hybridized carbons (Fsp3) is 0.429. The molecule has 0 saturated carbocycles. The molecule has 3 amide bonds. The molecular formula is C28H33FN4O7. The summed E-state index contributed by atoms with van der Waals surface area (Å²) in [5.74, 6) is -2.93. The van der Waals surface area contributed by atoms with Crippen molar-refractivity contribution in [2.24, 2.45) is 0 Å². The Kier molecular flexibility index (Phi) is 8.70. The molecule has 0 bridgehead atoms. The Hall–Kier alpha value is -4.03. The summed E-state index contributed by atoms with van der Waals surface area (Å²) < 4.78 is 13.8. The van der Waals surface area contributed by atoms with Crippen LogP contribution in [0.5, 0.6) is 0 Å². The number of carboxylic acid groups (broad SMARTS) is 1. The number of nitrogens with one attached hydrogen (secondary N) is 3. The van der Waals surface area contributed by atoms with E-state index in [1.165, 1.54) is 23.1 Å². The van der Waals surface area contributed by atoms with Gasteiger partial charge >= 0.3 is 5.97 Å². The van der Waals surface area contributed by atoms with Gasteiger partial charge in [-0.2, -0.15) is 0 Å². The summed E-state index contributed by atoms with van der Waals surface area (Å²) >= 11 is 0. The van der Waals surface area contributed by atoms with Crippen LogP contribution in [0.2, 0.25) is 0 Å². The molecule has 3 heterocycles. The van der Waals surface area contributed by atoms with Crippen LogP contribution < -0.4 is 10.6 Å². The summed E-state index contributed by atoms with van der Waals surface area (Å²) in [5, 5.41) is 35.4. The van der Waals surface area contributed by atoms with E-state index in [1.54, 1.807) is 19.9 Å². The fourth-order valence-corrected chi connectivity index (χ4v) is 5.29. The van der Waals surface area contributed by atoms with Crippen molar-refractivity contribution in [3.8, 4) is 0 Å². The van der Waals surface area contributed by atoms with Gasteiger partial charge in [-0.3, -0.25) is 14.4 Å². The quantitative estimate of drug-likeness (QED) is 0.256. The van der Waals surface area contributed by atoms with Gasteiger partial charge in [-0.1, -0.05) is 0 Å². The molecule has 2 aliphatic heterocycles. The van der Waals surface area contributed by atoms with Gasteiger partial charge in [0.1, 0.15) is 11.9 Å². The van der Waals surface area contributed by atoms with Crippen molar-refractivity contribution in [2.45, 2.75) is 64.2 Å². The highest BCUT2D eigenvalue weighted by molar-refractivity contribution is 6.34. The van der Waals surface area contributed by atoms with E-state index < -0.39 is 47.8 Å². The van der Waals surface area contributed by atoms with Gasteiger partial charge in [0.05, 0.1) is 29.8 Å². The second-order valence-electron chi connectivity index (χ2n) is 10.3. The summed E-state index contributed by atoms with van der Waals surface area (Å²) in [6.45, 7) is 3.49. The molecule has 1 aromatic heterocycles. The Balaban J connectivity index is 1.35. The number of aromatic nitrogens is 1. The van der Waals surface area contributed by atoms with Crippen LogP contribution >= 0.6 is 0 Å². The first kappa shape index (κ1) is 29.0. The maximum Gasteiger partial charge on any atom is 0.326 e. The van der Waals surface area contributed by atoms with Crippen LogP contribution in [0, 0.1) is 19.7 Å². The average Bonchev–Trinajstić information content (AvgIpc) is 3.36. The molecule has 11 nitrogen and oxygen atoms in total. The first-order valence-electron chi connectivity index (χ1n) is 13.1. The lowest BCUT2D eigenvalue weighted by atomic mass is 10.0. The molecule has 2 aliphatic rings. The first-order valence-corrected chi connectivity index (χ1v) is 13.1. The molecule has 6 N–H and O–H groups in total. The molecule has 4 rings (SSSR count). The minimum Gasteiger partial charge on any atom is -0.480 e. The first-order chi connectivity index (χ1) is 19.0. The van der Waals surface area contributed by atoms with Crippen molar-refractivity contribution in [3.63, 3.8) is 0 Å². The molecule has 0 spiro atoms. The van der Waals surface area contributed by atoms with Gasteiger partial charge in [-0.05, 0) is 62.9 Å². The number of aliphatic carboxylic acids is 1. The Bertz CT molecular complexity index is 1370. The third kappa shape index (κ3) is 6.23. The lowest BCUT2D eigenvalue weighted by Crippen LogP contribution is -2.48. The van der Waals surface area contributed by atoms with Crippen LogP contribution in [0.3, 0.4) is 0 Å². The van der Waals surface area contributed by atoms with Crippen molar-refractivity contribution >= 4 is 41.0 Å². The number of aliphatic hydroxyl groups is 2. The van der Waals surface area contributed by atoms with E-state index in [2.05, 4.69) is 15.6 Å². The highest BCUT2D eigenvalue weighted by Crippen LogP contribution is 2.34. The minimum atomic E-state index is -1.21. The smallest absolute Gasteiger partial charge is 0.326 e. The SMILES string of the molecule is Cc1[nH]c(/C=C2\C(=O)Nc3ccc(F)cc32)c(C)c1C(=O)NC[C@@H](O)C[C@@H](O)CC(=O)N1CCCCC1C(=O)O. The van der Waals surface area contributed by atoms with E-state index in [4.69, 9.17) is 0 Å². The lowest BCUT2D eigenvalue weighted by molar-refractivity contribution is -0.153. The van der Waals surface area contributed by atoms with E-state index in [-0.39, 0.29) is 25.0 Å². The molecule has 0 aliphatic carbocycles. The van der Waals surface area contributed by atoms with E-state index in [0.29, 0.717) is 59.6 Å². The number of benzene rings is 1. The van der Waals surface area contributed by atoms with Gasteiger partial charge in [-0.15, -0.1) is 0 Å². The third-order valence-corrected chi connectivity index (χ3v) is 7.32. The molecule has 3 atom stereocenters. The largest absolute Gasteiger partial charge is 0.480 e. The molecule has 2 aromatic rings. The number of anilines is 1. The van der Waals surface area contributed by atoms with E-state index >= 15 is 0 Å². The zero-order valence-corrected chi connectivity index (χ0v) is 22.3. The zero-order valence-electron chi connectivity index (χ0n) is 22.3. The topological polar surface area (TPSA) is 172 Å². The van der Waals surface area contributed by atoms with Crippen LogP contribution in [0.15, 0.2) is 18.2 Å². The number of nitrogens with zero attached hydrogens (tertiary/aromatic N) is 1. The molecule has 40 heavy (non-hydrogen) atoms. The van der Waals surface area contributed by atoms with E-state index in [0.717, 1.165) is 0 Å². The maximum atomic E-state index is 13.8. The van der Waals surface area contributed by atoms with Crippen LogP contribution in [0.25, 0.3) is 11.6 Å². The van der Waals surface area contributed by atoms with Gasteiger partial charge < -0.3 is 35.8 Å². The number of halogens is 1. The van der Waals surface area contributed by atoms with Crippen LogP contribution in [-0.4, -0.2) is 80.2 Å². The average molecular weight is 557 g/mol. The van der Waals surface area contributed by atoms with Gasteiger partial charge in [0.2, 0.25) is 5.91 Å². The number of aliphatic hydroxyl groups excluding tert-OH is 2. The van der Waals surface area contributed by atoms with E-state index in [1.807, 2.05) is 0 Å². The predicted octanol–water partition coefficient (Wildman–Crippen LogP) is 1.96. The Morgan fingerprint density at radius 3 is 2.67 bits per heavy atom. The standard InChI is InChI=1S/C28H33FN4O7/c1-14-22(12-20-19-9-16(29)6-7-21(19)32-26(20)37)31-15(2)25(14)27(38)30-13-18(35)10-17(34)11-24(36)33-8-4-3-5-23(33)28(39)40/h6-7,9,12,17-18,23,31,34-35H,3-5,8,10-11,13H2,1-2H3,(H,30,38)(H,32,37)(H,39,40)/b20-12-/t17-,18+,23?/m1/s1. The Morgan fingerprint density at radius 1 is 1.20 bits per heavy atom. The third-order valence-electron chi connectivity index (χ3n) is 7.32. The molecule has 1 fully saturated rings. The number of carbonyl (C=O) groups is 4. The predicted molar refractivity (Wildman–Crippen MR) is 144 cm³/mol. The van der Waals surface area contributed by atoms with Crippen molar-refractivity contribution in [2.75, 3.05) is 18.4 Å². The number of carbonyl (C=O) groups excluding carboxylic acids is 3. The lowest BCUT2D eigenvalue weighted by Gasteiger charge is -2.33. The van der Waals surface area contributed by atoms with Crippen molar-refractivity contribution in [1.82, 2.24) is 15.2 Å². The Morgan fingerprint density at radius 2 is 1.95 bits per heavy atom. The van der Waals surface area contributed by atoms with E-state index in [9.17, 15) is 38.9 Å². The molecule has 1 unspecified atom stereocenters. The molecule has 1 aromatic carbocycles. The Labute approximate surface area is 230 Å². The number of aromatic amines is 1. The second kappa shape index (κ2) is 12.0. The molecular weight excluding hydrogens is 523 g/mol. The summed E-state index contributed by atoms with van der Waals surface area (Å²) in [6.07, 6.45) is 0.434. The highest BCUT2D eigenvalue weighted by Gasteiger charge is 2.33. The number of piperidine rings is 1. The summed E-state index contributed by atoms with van der Waals surface area (Å²) in [5.41, 5.74) is 3.05. The van der Waals surface area contributed by atoms with Crippen molar-refractivity contribution in [3.05, 3.63) is 52.1 Å². The van der Waals surface area contributed by atoms with Gasteiger partial charge in [0.15, 0.2) is 0 Å². The normalized spacial score (nSPS) is 19.2. The van der Waals surface area contributed by atoms with Crippen molar-refractivity contribution in [1.29, 1.82) is 0 Å². The number of carboxylic acids is 1. The number of fused-ring (bicyclic) bond motifs is 1. The molecule has 0 radical (unpaired) electrons. The number of amides is 3. The second-order valence-corrected chi connectivity index (χ2v) is 10.3. The molecule has 214 valence electrons. The summed E-state index contributed by atoms with van der Waals surface area (Å²) in [7, 11) is 0. The number of hydrogen-bond donors (Lipinski definition) is 6. The monoisotopic (exact) mass is 556 g/mol. The minimum absolute atomic E-state index is 0.189. The van der Waals surface area contributed by atoms with Gasteiger partial charge in [-0.25, -0.2) is 9.18 Å². The summed E-state index contributed by atoms with van der Waals surface area (Å²) in [6, 6.07) is 3.08. The number of H-pyrrole nitrogens is 1. The number of likely N-dealkylation sites (tertiary alicyclic amines) is 1. The maximum absolute atomic E-state index is 13.8. The highest BCUT2D eigenvalue weighted by atomic mass is 19.1. The number of rotatable bonds is 9.